The second kappa shape index (κ2) is 4.85. The molecular formula is C14H21ClN2. The van der Waals surface area contributed by atoms with Crippen LogP contribution in [-0.4, -0.2) is 18.1 Å². The SMILES string of the molecule is CC(C)(C)C1CCN(c2ccncc2Cl)CC1. The Kier molecular flexibility index (Phi) is 3.62. The first kappa shape index (κ1) is 12.7. The fraction of sp³-hybridized carbons (Fsp3) is 0.643. The van der Waals surface area contributed by atoms with Crippen molar-refractivity contribution in [2.24, 2.45) is 11.3 Å². The van der Waals surface area contributed by atoms with E-state index in [-0.39, 0.29) is 0 Å². The van der Waals surface area contributed by atoms with Gasteiger partial charge in [-0.25, -0.2) is 0 Å². The van der Waals surface area contributed by atoms with Crippen molar-refractivity contribution < 1.29 is 0 Å². The van der Waals surface area contributed by atoms with Crippen molar-refractivity contribution in [3.8, 4) is 0 Å². The van der Waals surface area contributed by atoms with Crippen molar-refractivity contribution in [1.29, 1.82) is 0 Å². The van der Waals surface area contributed by atoms with Crippen LogP contribution in [0.25, 0.3) is 0 Å². The van der Waals surface area contributed by atoms with Crippen molar-refractivity contribution in [3.63, 3.8) is 0 Å². The monoisotopic (exact) mass is 252 g/mol. The zero-order chi connectivity index (χ0) is 12.5. The Labute approximate surface area is 109 Å². The van der Waals surface area contributed by atoms with E-state index in [9.17, 15) is 0 Å². The topological polar surface area (TPSA) is 16.1 Å². The summed E-state index contributed by atoms with van der Waals surface area (Å²) in [6.45, 7) is 9.23. The van der Waals surface area contributed by atoms with E-state index in [2.05, 4.69) is 30.7 Å². The predicted molar refractivity (Wildman–Crippen MR) is 73.6 cm³/mol. The molecule has 0 atom stereocenters. The lowest BCUT2D eigenvalue weighted by molar-refractivity contribution is 0.199. The fourth-order valence-electron chi connectivity index (χ4n) is 2.61. The number of piperidine rings is 1. The van der Waals surface area contributed by atoms with Gasteiger partial charge in [-0.15, -0.1) is 0 Å². The van der Waals surface area contributed by atoms with E-state index in [4.69, 9.17) is 11.6 Å². The summed E-state index contributed by atoms with van der Waals surface area (Å²) < 4.78 is 0. The Morgan fingerprint density at radius 2 is 1.94 bits per heavy atom. The molecule has 0 spiro atoms. The van der Waals surface area contributed by atoms with Gasteiger partial charge in [-0.05, 0) is 30.2 Å². The van der Waals surface area contributed by atoms with Crippen molar-refractivity contribution in [3.05, 3.63) is 23.5 Å². The van der Waals surface area contributed by atoms with Crippen molar-refractivity contribution in [2.75, 3.05) is 18.0 Å². The molecule has 0 N–H and O–H groups in total. The summed E-state index contributed by atoms with van der Waals surface area (Å²) >= 11 is 6.18. The summed E-state index contributed by atoms with van der Waals surface area (Å²) in [5.41, 5.74) is 1.56. The summed E-state index contributed by atoms with van der Waals surface area (Å²) in [6, 6.07) is 2.01. The molecule has 1 fully saturated rings. The van der Waals surface area contributed by atoms with Crippen LogP contribution in [0.2, 0.25) is 5.02 Å². The molecule has 2 rings (SSSR count). The van der Waals surface area contributed by atoms with Crippen LogP contribution < -0.4 is 4.90 Å². The highest BCUT2D eigenvalue weighted by Crippen LogP contribution is 2.36. The van der Waals surface area contributed by atoms with Gasteiger partial charge in [0.15, 0.2) is 0 Å². The number of pyridine rings is 1. The third kappa shape index (κ3) is 2.92. The molecule has 0 saturated carbocycles. The lowest BCUT2D eigenvalue weighted by Gasteiger charge is -2.39. The Balaban J connectivity index is 2.03. The first-order valence-electron chi connectivity index (χ1n) is 6.33. The highest BCUT2D eigenvalue weighted by Gasteiger charge is 2.29. The minimum absolute atomic E-state index is 0.425. The minimum Gasteiger partial charge on any atom is -0.370 e. The molecule has 2 heterocycles. The van der Waals surface area contributed by atoms with Crippen LogP contribution in [0.4, 0.5) is 5.69 Å². The molecule has 0 unspecified atom stereocenters. The molecule has 17 heavy (non-hydrogen) atoms. The van der Waals surface area contributed by atoms with Crippen molar-refractivity contribution in [2.45, 2.75) is 33.6 Å². The van der Waals surface area contributed by atoms with E-state index in [0.29, 0.717) is 5.41 Å². The minimum atomic E-state index is 0.425. The fourth-order valence-corrected chi connectivity index (χ4v) is 2.85. The molecule has 0 aromatic carbocycles. The molecule has 1 aliphatic heterocycles. The molecule has 0 bridgehead atoms. The van der Waals surface area contributed by atoms with Crippen LogP contribution in [0.1, 0.15) is 33.6 Å². The van der Waals surface area contributed by atoms with E-state index in [0.717, 1.165) is 29.7 Å². The predicted octanol–water partition coefficient (Wildman–Crippen LogP) is 4.00. The lowest BCUT2D eigenvalue weighted by Crippen LogP contribution is -2.38. The number of halogens is 1. The van der Waals surface area contributed by atoms with E-state index in [1.165, 1.54) is 12.8 Å². The number of hydrogen-bond donors (Lipinski definition) is 0. The molecule has 0 radical (unpaired) electrons. The number of aromatic nitrogens is 1. The van der Waals surface area contributed by atoms with E-state index in [1.807, 2.05) is 12.3 Å². The van der Waals surface area contributed by atoms with Gasteiger partial charge in [0.1, 0.15) is 0 Å². The smallest absolute Gasteiger partial charge is 0.0822 e. The van der Waals surface area contributed by atoms with Crippen molar-refractivity contribution in [1.82, 2.24) is 4.98 Å². The van der Waals surface area contributed by atoms with Gasteiger partial charge in [0.2, 0.25) is 0 Å². The van der Waals surface area contributed by atoms with Gasteiger partial charge < -0.3 is 4.90 Å². The van der Waals surface area contributed by atoms with Crippen LogP contribution in [0.5, 0.6) is 0 Å². The maximum Gasteiger partial charge on any atom is 0.0822 e. The standard InChI is InChI=1S/C14H21ClN2/c1-14(2,3)11-5-8-17(9-6-11)13-4-7-16-10-12(13)15/h4,7,10-11H,5-6,8-9H2,1-3H3. The van der Waals surface area contributed by atoms with E-state index >= 15 is 0 Å². The average molecular weight is 253 g/mol. The highest BCUT2D eigenvalue weighted by molar-refractivity contribution is 6.33. The van der Waals surface area contributed by atoms with Gasteiger partial charge in [0.05, 0.1) is 10.7 Å². The van der Waals surface area contributed by atoms with E-state index in [1.54, 1.807) is 6.20 Å². The number of hydrogen-bond acceptors (Lipinski definition) is 2. The second-order valence-electron chi connectivity index (χ2n) is 5.95. The number of rotatable bonds is 1. The molecule has 3 heteroatoms. The summed E-state index contributed by atoms with van der Waals surface area (Å²) in [7, 11) is 0. The van der Waals surface area contributed by atoms with Gasteiger partial charge >= 0.3 is 0 Å². The van der Waals surface area contributed by atoms with Gasteiger partial charge in [-0.3, -0.25) is 4.98 Å². The largest absolute Gasteiger partial charge is 0.370 e. The van der Waals surface area contributed by atoms with Gasteiger partial charge in [0.25, 0.3) is 0 Å². The zero-order valence-electron chi connectivity index (χ0n) is 10.9. The Morgan fingerprint density at radius 3 is 2.47 bits per heavy atom. The summed E-state index contributed by atoms with van der Waals surface area (Å²) in [6.07, 6.45) is 6.05. The van der Waals surface area contributed by atoms with Crippen LogP contribution in [0, 0.1) is 11.3 Å². The third-order valence-electron chi connectivity index (χ3n) is 3.81. The van der Waals surface area contributed by atoms with Crippen molar-refractivity contribution >= 4 is 17.3 Å². The molecule has 1 aromatic heterocycles. The molecule has 2 nitrogen and oxygen atoms in total. The maximum atomic E-state index is 6.18. The molecule has 1 saturated heterocycles. The van der Waals surface area contributed by atoms with E-state index < -0.39 is 0 Å². The molecule has 94 valence electrons. The molecule has 0 aliphatic carbocycles. The quantitative estimate of drug-likeness (QED) is 0.751. The molecule has 0 amide bonds. The zero-order valence-corrected chi connectivity index (χ0v) is 11.7. The third-order valence-corrected chi connectivity index (χ3v) is 4.10. The Morgan fingerprint density at radius 1 is 1.29 bits per heavy atom. The van der Waals surface area contributed by atoms with Crippen LogP contribution in [0.15, 0.2) is 18.5 Å². The molecular weight excluding hydrogens is 232 g/mol. The molecule has 1 aliphatic rings. The van der Waals surface area contributed by atoms with Crippen LogP contribution in [-0.2, 0) is 0 Å². The Bertz CT molecular complexity index is 376. The van der Waals surface area contributed by atoms with Crippen LogP contribution >= 0.6 is 11.6 Å². The van der Waals surface area contributed by atoms with Gasteiger partial charge in [-0.1, -0.05) is 32.4 Å². The number of nitrogens with zero attached hydrogens (tertiary/aromatic N) is 2. The highest BCUT2D eigenvalue weighted by atomic mass is 35.5. The summed E-state index contributed by atoms with van der Waals surface area (Å²) in [4.78, 5) is 6.42. The normalized spacial score (nSPS) is 18.5. The molecule has 1 aromatic rings. The average Bonchev–Trinajstić information content (AvgIpc) is 2.29. The second-order valence-corrected chi connectivity index (χ2v) is 6.36. The van der Waals surface area contributed by atoms with Gasteiger partial charge in [-0.2, -0.15) is 0 Å². The summed E-state index contributed by atoms with van der Waals surface area (Å²) in [5.74, 6) is 0.819. The summed E-state index contributed by atoms with van der Waals surface area (Å²) in [5, 5.41) is 0.765. The lowest BCUT2D eigenvalue weighted by atomic mass is 9.75. The van der Waals surface area contributed by atoms with Crippen LogP contribution in [0.3, 0.4) is 0 Å². The maximum absolute atomic E-state index is 6.18. The number of anilines is 1. The Hall–Kier alpha value is -0.760. The van der Waals surface area contributed by atoms with Gasteiger partial charge in [0, 0.05) is 25.5 Å². The first-order valence-corrected chi connectivity index (χ1v) is 6.71. The first-order chi connectivity index (χ1) is 7.98.